The molecule has 4 aromatic carbocycles. The molecule has 0 aliphatic heterocycles. The number of benzene rings is 4. The van der Waals surface area contributed by atoms with Crippen LogP contribution in [0.3, 0.4) is 0 Å². The van der Waals surface area contributed by atoms with Crippen LogP contribution in [0.4, 0.5) is 0 Å². The predicted octanol–water partition coefficient (Wildman–Crippen LogP) is 4.25. The highest BCUT2D eigenvalue weighted by Crippen LogP contribution is 2.29. The lowest BCUT2D eigenvalue weighted by Crippen LogP contribution is -2.28. The Morgan fingerprint density at radius 3 is 0.941 bits per heavy atom. The highest BCUT2D eigenvalue weighted by Gasteiger charge is 2.21. The molecule has 0 N–H and O–H groups in total. The van der Waals surface area contributed by atoms with Crippen LogP contribution in [0.5, 0.6) is 0 Å². The summed E-state index contributed by atoms with van der Waals surface area (Å²) in [7, 11) is 0. The standard InChI is InChI=1S/C26H12I2N2O4/c27-13-1-5-15(6-2-13)29-23(31)17-9-10-18(24(29)32)22-20-12-11-19(21(17)22)25(33)30(26(20)34)16-7-3-14(28)4-8-16/h1-12H. The summed E-state index contributed by atoms with van der Waals surface area (Å²) in [6.45, 7) is 0. The van der Waals surface area contributed by atoms with E-state index < -0.39 is 22.2 Å². The molecule has 0 fully saturated rings. The van der Waals surface area contributed by atoms with Crippen LogP contribution in [0.15, 0.2) is 92.0 Å². The molecule has 0 unspecified atom stereocenters. The molecule has 8 heteroatoms. The maximum absolute atomic E-state index is 13.6. The highest BCUT2D eigenvalue weighted by molar-refractivity contribution is 14.1. The number of rotatable bonds is 2. The Hall–Kier alpha value is -3.12. The number of hydrogen-bond acceptors (Lipinski definition) is 4. The first-order valence-electron chi connectivity index (χ1n) is 10.3. The second-order valence-corrected chi connectivity index (χ2v) is 10.4. The van der Waals surface area contributed by atoms with Crippen molar-refractivity contribution < 1.29 is 0 Å². The largest absolute Gasteiger partial charge is 0.268 e. The predicted molar refractivity (Wildman–Crippen MR) is 150 cm³/mol. The number of fused-ring (bicyclic) bond motifs is 6. The van der Waals surface area contributed by atoms with Crippen LogP contribution in [0.2, 0.25) is 0 Å². The summed E-state index contributed by atoms with van der Waals surface area (Å²) in [6.07, 6.45) is 0. The van der Waals surface area contributed by atoms with E-state index in [2.05, 4.69) is 45.2 Å². The van der Waals surface area contributed by atoms with Crippen molar-refractivity contribution in [3.05, 3.63) is 121 Å². The fourth-order valence-corrected chi connectivity index (χ4v) is 5.24. The van der Waals surface area contributed by atoms with Gasteiger partial charge in [0.05, 0.1) is 11.4 Å². The smallest absolute Gasteiger partial charge is 0.265 e. The van der Waals surface area contributed by atoms with Gasteiger partial charge in [0, 0.05) is 39.5 Å². The summed E-state index contributed by atoms with van der Waals surface area (Å²) in [4.78, 5) is 54.5. The SMILES string of the molecule is O=c1c2ccc(c(=O)n1-c1ccc(I)cc1)c1c3ccc(c(=O)n(-c4ccc(I)cc4)c3=O)c21. The van der Waals surface area contributed by atoms with Crippen molar-refractivity contribution in [2.45, 2.75) is 0 Å². The van der Waals surface area contributed by atoms with Crippen LogP contribution in [-0.2, 0) is 0 Å². The molecule has 34 heavy (non-hydrogen) atoms. The van der Waals surface area contributed by atoms with Gasteiger partial charge in [-0.25, -0.2) is 9.13 Å². The van der Waals surface area contributed by atoms with Crippen molar-refractivity contribution in [1.82, 2.24) is 9.13 Å². The molecule has 0 saturated heterocycles. The fourth-order valence-electron chi connectivity index (χ4n) is 4.52. The third-order valence-electron chi connectivity index (χ3n) is 6.06. The monoisotopic (exact) mass is 670 g/mol. The van der Waals surface area contributed by atoms with E-state index in [4.69, 9.17) is 0 Å². The molecule has 0 radical (unpaired) electrons. The molecule has 0 saturated carbocycles. The van der Waals surface area contributed by atoms with E-state index in [1.54, 1.807) is 48.5 Å². The van der Waals surface area contributed by atoms with Crippen LogP contribution in [0.1, 0.15) is 0 Å². The van der Waals surface area contributed by atoms with Gasteiger partial charge >= 0.3 is 0 Å². The summed E-state index contributed by atoms with van der Waals surface area (Å²) < 4.78 is 4.15. The second-order valence-electron chi connectivity index (χ2n) is 7.92. The first kappa shape index (κ1) is 21.4. The van der Waals surface area contributed by atoms with Gasteiger partial charge in [0.1, 0.15) is 0 Å². The molecule has 8 aromatic rings. The minimum atomic E-state index is -0.530. The van der Waals surface area contributed by atoms with Crippen molar-refractivity contribution in [1.29, 1.82) is 0 Å². The third kappa shape index (κ3) is 2.97. The maximum Gasteiger partial charge on any atom is 0.265 e. The molecule has 4 bridgehead atoms. The zero-order chi connectivity index (χ0) is 23.7. The minimum Gasteiger partial charge on any atom is -0.268 e. The Kier molecular flexibility index (Phi) is 4.85. The van der Waals surface area contributed by atoms with E-state index in [1.807, 2.05) is 24.3 Å². The van der Waals surface area contributed by atoms with Gasteiger partial charge in [-0.2, -0.15) is 0 Å². The van der Waals surface area contributed by atoms with E-state index in [9.17, 15) is 19.2 Å². The van der Waals surface area contributed by atoms with Crippen molar-refractivity contribution in [2.75, 3.05) is 0 Å². The Morgan fingerprint density at radius 2 is 0.676 bits per heavy atom. The molecular weight excluding hydrogens is 658 g/mol. The van der Waals surface area contributed by atoms with Crippen LogP contribution in [-0.4, -0.2) is 9.13 Å². The number of hydrogen-bond donors (Lipinski definition) is 0. The Bertz CT molecular complexity index is 1750. The molecule has 0 atom stereocenters. The van der Waals surface area contributed by atoms with Crippen LogP contribution < -0.4 is 22.2 Å². The average Bonchev–Trinajstić information content (AvgIpc) is 3.12. The molecule has 0 spiro atoms. The third-order valence-corrected chi connectivity index (χ3v) is 7.50. The molecular formula is C26H12I2N2O4. The molecule has 164 valence electrons. The summed E-state index contributed by atoms with van der Waals surface area (Å²) in [6, 6.07) is 20.3. The zero-order valence-electron chi connectivity index (χ0n) is 17.2. The lowest BCUT2D eigenvalue weighted by atomic mass is 10.00. The van der Waals surface area contributed by atoms with Gasteiger partial charge < -0.3 is 0 Å². The maximum atomic E-state index is 13.6. The van der Waals surface area contributed by atoms with Gasteiger partial charge in [-0.15, -0.1) is 0 Å². The Labute approximate surface area is 218 Å². The fraction of sp³-hybridized carbons (Fsp3) is 0. The van der Waals surface area contributed by atoms with E-state index in [0.29, 0.717) is 22.1 Å². The molecule has 4 aromatic heterocycles. The molecule has 0 aliphatic rings. The van der Waals surface area contributed by atoms with Gasteiger partial charge in [0.2, 0.25) is 0 Å². The molecule has 6 nitrogen and oxygen atoms in total. The number of nitrogens with zero attached hydrogens (tertiary/aromatic N) is 2. The molecule has 0 amide bonds. The lowest BCUT2D eigenvalue weighted by Gasteiger charge is -2.02. The summed E-state index contributed by atoms with van der Waals surface area (Å²) in [5, 5.41) is 1.54. The van der Waals surface area contributed by atoms with Crippen LogP contribution >= 0.6 is 45.2 Å². The van der Waals surface area contributed by atoms with Gasteiger partial charge in [-0.3, -0.25) is 19.2 Å². The number of halogens is 2. The summed E-state index contributed by atoms with van der Waals surface area (Å²) >= 11 is 4.30. The van der Waals surface area contributed by atoms with Gasteiger partial charge in [0.15, 0.2) is 0 Å². The minimum absolute atomic E-state index is 0.214. The van der Waals surface area contributed by atoms with E-state index in [1.165, 1.54) is 0 Å². The Morgan fingerprint density at radius 1 is 0.412 bits per heavy atom. The first-order chi connectivity index (χ1) is 16.4. The molecule has 4 heterocycles. The van der Waals surface area contributed by atoms with Crippen molar-refractivity contribution in [2.24, 2.45) is 0 Å². The lowest BCUT2D eigenvalue weighted by molar-refractivity contribution is 0.975. The van der Waals surface area contributed by atoms with Crippen molar-refractivity contribution in [3.8, 4) is 11.4 Å². The number of aromatic nitrogens is 2. The van der Waals surface area contributed by atoms with Gasteiger partial charge in [0.25, 0.3) is 22.2 Å². The van der Waals surface area contributed by atoms with Crippen molar-refractivity contribution in [3.63, 3.8) is 0 Å². The average molecular weight is 670 g/mol. The van der Waals surface area contributed by atoms with Crippen molar-refractivity contribution >= 4 is 77.5 Å². The van der Waals surface area contributed by atoms with E-state index in [-0.39, 0.29) is 21.5 Å². The van der Waals surface area contributed by atoms with E-state index in [0.717, 1.165) is 16.3 Å². The quantitative estimate of drug-likeness (QED) is 0.259. The highest BCUT2D eigenvalue weighted by atomic mass is 127. The normalized spacial score (nSPS) is 11.7. The zero-order valence-corrected chi connectivity index (χ0v) is 21.5. The first-order valence-corrected chi connectivity index (χ1v) is 12.4. The van der Waals surface area contributed by atoms with E-state index >= 15 is 0 Å². The molecule has 0 aliphatic carbocycles. The Balaban J connectivity index is 1.87. The summed E-state index contributed by atoms with van der Waals surface area (Å²) in [5.74, 6) is 0. The van der Waals surface area contributed by atoms with Gasteiger partial charge in [-0.05, 0) is 118 Å². The topological polar surface area (TPSA) is 78.1 Å². The van der Waals surface area contributed by atoms with Crippen LogP contribution in [0, 0.1) is 7.14 Å². The van der Waals surface area contributed by atoms with Gasteiger partial charge in [-0.1, -0.05) is 0 Å². The molecule has 8 rings (SSSR count). The van der Waals surface area contributed by atoms with Crippen LogP contribution in [0.25, 0.3) is 43.7 Å². The summed E-state index contributed by atoms with van der Waals surface area (Å²) in [5.41, 5.74) is -1.26. The second kappa shape index (κ2) is 7.70.